The van der Waals surface area contributed by atoms with E-state index in [1.54, 1.807) is 7.11 Å². The Balaban J connectivity index is 0.000000346. The first kappa shape index (κ1) is 23.3. The summed E-state index contributed by atoms with van der Waals surface area (Å²) in [6.45, 7) is 10.0. The number of hydrogen-bond donors (Lipinski definition) is 2. The quantitative estimate of drug-likeness (QED) is 0.554. The predicted octanol–water partition coefficient (Wildman–Crippen LogP) is 6.95. The summed E-state index contributed by atoms with van der Waals surface area (Å²) in [6.07, 6.45) is 11.9. The molecule has 0 radical (unpaired) electrons. The highest BCUT2D eigenvalue weighted by molar-refractivity contribution is 6.31. The smallest absolute Gasteiger partial charge is 0.0723 e. The Bertz CT molecular complexity index is 733. The Labute approximate surface area is 169 Å². The van der Waals surface area contributed by atoms with E-state index in [0.717, 1.165) is 11.4 Å². The third kappa shape index (κ3) is 6.75. The molecule has 2 atom stereocenters. The van der Waals surface area contributed by atoms with Crippen LogP contribution in [0.4, 0.5) is 0 Å². The number of hydrogen-bond acceptors (Lipinski definition) is 2. The van der Waals surface area contributed by atoms with E-state index in [9.17, 15) is 0 Å². The Morgan fingerprint density at radius 1 is 1.26 bits per heavy atom. The number of aromatic nitrogens is 1. The van der Waals surface area contributed by atoms with Gasteiger partial charge in [0, 0.05) is 28.7 Å². The molecule has 0 saturated heterocycles. The zero-order valence-corrected chi connectivity index (χ0v) is 18.4. The first-order chi connectivity index (χ1) is 13.1. The van der Waals surface area contributed by atoms with E-state index in [1.807, 2.05) is 65.1 Å². The Morgan fingerprint density at radius 3 is 2.59 bits per heavy atom. The summed E-state index contributed by atoms with van der Waals surface area (Å²) in [6, 6.07) is 6.49. The number of aromatic amines is 1. The summed E-state index contributed by atoms with van der Waals surface area (Å²) in [5.74, 6) is 0. The summed E-state index contributed by atoms with van der Waals surface area (Å²) in [5.41, 5.74) is 3.95. The maximum atomic E-state index is 6.10. The molecule has 150 valence electrons. The molecule has 4 heteroatoms. The van der Waals surface area contributed by atoms with E-state index < -0.39 is 0 Å². The molecule has 1 aromatic carbocycles. The highest BCUT2D eigenvalue weighted by Crippen LogP contribution is 2.35. The second kappa shape index (κ2) is 12.6. The number of nitrogens with one attached hydrogen (secondary N) is 2. The molecule has 0 bridgehead atoms. The first-order valence-electron chi connectivity index (χ1n) is 9.93. The average molecular weight is 391 g/mol. The third-order valence-corrected chi connectivity index (χ3v) is 4.70. The standard InChI is InChI=1S/C15H17ClN2.C6H12O.C2H6/c1-2-8-17-14-5-3-4-11-12-9-10(16)6-7-13(12)18-15(11)14;1-4-5-6(2)7-3;1-2/h2,6-9,14,17-18H,3-5H2,1H3;4-6H,1-3H3;1-2H3/b8-2+;5-4-;. The number of allylic oxidation sites excluding steroid dienone is 2. The number of fused-ring (bicyclic) bond motifs is 3. The molecular formula is C23H35ClN2O. The van der Waals surface area contributed by atoms with E-state index in [1.165, 1.54) is 35.0 Å². The molecule has 0 amide bonds. The number of halogens is 1. The molecular weight excluding hydrogens is 356 g/mol. The second-order valence-corrected chi connectivity index (χ2v) is 6.72. The van der Waals surface area contributed by atoms with Crippen molar-refractivity contribution in [2.24, 2.45) is 0 Å². The first-order valence-corrected chi connectivity index (χ1v) is 10.3. The van der Waals surface area contributed by atoms with Gasteiger partial charge in [0.25, 0.3) is 0 Å². The van der Waals surface area contributed by atoms with Crippen molar-refractivity contribution in [2.45, 2.75) is 66.0 Å². The lowest BCUT2D eigenvalue weighted by Crippen LogP contribution is -2.20. The van der Waals surface area contributed by atoms with Crippen LogP contribution in [0.5, 0.6) is 0 Å². The van der Waals surface area contributed by atoms with Crippen molar-refractivity contribution >= 4 is 22.5 Å². The van der Waals surface area contributed by atoms with E-state index in [-0.39, 0.29) is 6.10 Å². The van der Waals surface area contributed by atoms with Gasteiger partial charge in [-0.2, -0.15) is 0 Å². The van der Waals surface area contributed by atoms with Crippen LogP contribution in [-0.4, -0.2) is 18.2 Å². The van der Waals surface area contributed by atoms with Crippen LogP contribution in [0.3, 0.4) is 0 Å². The molecule has 3 nitrogen and oxygen atoms in total. The van der Waals surface area contributed by atoms with Crippen molar-refractivity contribution < 1.29 is 4.74 Å². The largest absolute Gasteiger partial charge is 0.383 e. The van der Waals surface area contributed by atoms with Crippen LogP contribution in [0.2, 0.25) is 5.02 Å². The monoisotopic (exact) mass is 390 g/mol. The van der Waals surface area contributed by atoms with E-state index >= 15 is 0 Å². The number of benzene rings is 1. The zero-order valence-electron chi connectivity index (χ0n) is 17.6. The van der Waals surface area contributed by atoms with E-state index in [4.69, 9.17) is 16.3 Å². The number of methoxy groups -OCH3 is 1. The normalized spacial score (nSPS) is 17.1. The summed E-state index contributed by atoms with van der Waals surface area (Å²) in [7, 11) is 1.70. The van der Waals surface area contributed by atoms with Crippen LogP contribution in [0, 0.1) is 0 Å². The van der Waals surface area contributed by atoms with E-state index in [0.29, 0.717) is 6.04 Å². The minimum Gasteiger partial charge on any atom is -0.383 e. The van der Waals surface area contributed by atoms with Crippen LogP contribution in [-0.2, 0) is 11.2 Å². The van der Waals surface area contributed by atoms with Gasteiger partial charge in [0.05, 0.1) is 12.1 Å². The van der Waals surface area contributed by atoms with E-state index in [2.05, 4.69) is 22.4 Å². The van der Waals surface area contributed by atoms with Crippen molar-refractivity contribution in [3.63, 3.8) is 0 Å². The molecule has 27 heavy (non-hydrogen) atoms. The zero-order chi connectivity index (χ0) is 20.2. The predicted molar refractivity (Wildman–Crippen MR) is 120 cm³/mol. The van der Waals surface area contributed by atoms with Gasteiger partial charge in [0.2, 0.25) is 0 Å². The fourth-order valence-electron chi connectivity index (χ4n) is 3.16. The summed E-state index contributed by atoms with van der Waals surface area (Å²) >= 11 is 6.10. The highest BCUT2D eigenvalue weighted by atomic mass is 35.5. The summed E-state index contributed by atoms with van der Waals surface area (Å²) in [4.78, 5) is 3.55. The van der Waals surface area contributed by atoms with Gasteiger partial charge < -0.3 is 15.0 Å². The number of H-pyrrole nitrogens is 1. The minimum atomic E-state index is 0.269. The fraction of sp³-hybridized carbons (Fsp3) is 0.478. The minimum absolute atomic E-state index is 0.269. The molecule has 0 aliphatic heterocycles. The van der Waals surface area contributed by atoms with Gasteiger partial charge in [0.1, 0.15) is 0 Å². The summed E-state index contributed by atoms with van der Waals surface area (Å²) < 4.78 is 4.90. The maximum Gasteiger partial charge on any atom is 0.0723 e. The molecule has 2 unspecified atom stereocenters. The SMILES string of the molecule is C/C=C/NC1CCCc2c1[nH]c1ccc(Cl)cc21.C/C=C\C(C)OC.CC. The topological polar surface area (TPSA) is 37.0 Å². The molecule has 1 heterocycles. The van der Waals surface area contributed by atoms with Gasteiger partial charge in [0.15, 0.2) is 0 Å². The lowest BCUT2D eigenvalue weighted by molar-refractivity contribution is 0.156. The molecule has 0 spiro atoms. The lowest BCUT2D eigenvalue weighted by Gasteiger charge is -2.22. The van der Waals surface area contributed by atoms with Gasteiger partial charge >= 0.3 is 0 Å². The van der Waals surface area contributed by atoms with Crippen molar-refractivity contribution in [2.75, 3.05) is 7.11 Å². The molecule has 1 aromatic heterocycles. The van der Waals surface area contributed by atoms with Crippen molar-refractivity contribution in [3.8, 4) is 0 Å². The van der Waals surface area contributed by atoms with Crippen molar-refractivity contribution in [1.82, 2.24) is 10.3 Å². The number of rotatable bonds is 4. The van der Waals surface area contributed by atoms with Gasteiger partial charge in [-0.05, 0) is 70.0 Å². The van der Waals surface area contributed by atoms with Crippen LogP contribution < -0.4 is 5.32 Å². The third-order valence-electron chi connectivity index (χ3n) is 4.47. The van der Waals surface area contributed by atoms with Crippen LogP contribution >= 0.6 is 11.6 Å². The molecule has 0 fully saturated rings. The Morgan fingerprint density at radius 2 is 2.00 bits per heavy atom. The van der Waals surface area contributed by atoms with Gasteiger partial charge in [-0.3, -0.25) is 0 Å². The lowest BCUT2D eigenvalue weighted by atomic mass is 9.92. The average Bonchev–Trinajstić information content (AvgIpc) is 3.07. The van der Waals surface area contributed by atoms with Gasteiger partial charge in [-0.15, -0.1) is 0 Å². The number of aryl methyl sites for hydroxylation is 1. The van der Waals surface area contributed by atoms with Crippen molar-refractivity contribution in [1.29, 1.82) is 0 Å². The van der Waals surface area contributed by atoms with Crippen molar-refractivity contribution in [3.05, 3.63) is 58.9 Å². The van der Waals surface area contributed by atoms with Crippen LogP contribution in [0.15, 0.2) is 42.6 Å². The molecule has 3 rings (SSSR count). The number of ether oxygens (including phenoxy) is 1. The molecule has 2 N–H and O–H groups in total. The van der Waals surface area contributed by atoms with Gasteiger partial charge in [-0.25, -0.2) is 0 Å². The Kier molecular flexibility index (Phi) is 10.9. The Hall–Kier alpha value is -1.71. The van der Waals surface area contributed by atoms with Gasteiger partial charge in [-0.1, -0.05) is 43.7 Å². The van der Waals surface area contributed by atoms with Crippen LogP contribution in [0.1, 0.15) is 64.8 Å². The van der Waals surface area contributed by atoms with Crippen LogP contribution in [0.25, 0.3) is 10.9 Å². The molecule has 1 aliphatic rings. The fourth-order valence-corrected chi connectivity index (χ4v) is 3.34. The second-order valence-electron chi connectivity index (χ2n) is 6.29. The molecule has 1 aliphatic carbocycles. The highest BCUT2D eigenvalue weighted by Gasteiger charge is 2.23. The molecule has 0 saturated carbocycles. The molecule has 2 aromatic rings. The maximum absolute atomic E-state index is 6.10. The summed E-state index contributed by atoms with van der Waals surface area (Å²) in [5, 5.41) is 5.55.